The highest BCUT2D eigenvalue weighted by molar-refractivity contribution is 5.71. The van der Waals surface area contributed by atoms with Gasteiger partial charge in [0.25, 0.3) is 11.8 Å². The third-order valence-electron chi connectivity index (χ3n) is 4.05. The van der Waals surface area contributed by atoms with Crippen molar-refractivity contribution in [2.24, 2.45) is 0 Å². The zero-order valence-electron chi connectivity index (χ0n) is 13.1. The molecule has 0 aromatic heterocycles. The fourth-order valence-electron chi connectivity index (χ4n) is 3.03. The van der Waals surface area contributed by atoms with Crippen LogP contribution < -0.4 is 19.3 Å². The van der Waals surface area contributed by atoms with Gasteiger partial charge in [0.15, 0.2) is 11.5 Å². The molecule has 0 spiro atoms. The van der Waals surface area contributed by atoms with Crippen LogP contribution in [0.25, 0.3) is 0 Å². The summed E-state index contributed by atoms with van der Waals surface area (Å²) in [6.07, 6.45) is 0. The second kappa shape index (κ2) is 6.07. The molecule has 2 aliphatic rings. The Labute approximate surface area is 139 Å². The highest BCUT2D eigenvalue weighted by Crippen LogP contribution is 2.45. The van der Waals surface area contributed by atoms with Crippen LogP contribution in [0.15, 0.2) is 60.3 Å². The Balaban J connectivity index is 1.81. The Morgan fingerprint density at radius 1 is 0.667 bits per heavy atom. The molecule has 0 fully saturated rings. The van der Waals surface area contributed by atoms with Crippen LogP contribution in [0.5, 0.6) is 11.5 Å². The standard InChI is InChI=1S/C18H18N2O4/c21-11-9-19-13-5-1-3-7-15(13)23-17(19)18-20(10-12-22)14-6-2-4-8-16(14)24-18/h1-8,21-22H,9-12H2/b18-17+. The van der Waals surface area contributed by atoms with E-state index < -0.39 is 0 Å². The van der Waals surface area contributed by atoms with Crippen molar-refractivity contribution in [3.05, 3.63) is 60.3 Å². The Bertz CT molecular complexity index is 725. The molecule has 0 bridgehead atoms. The maximum absolute atomic E-state index is 9.44. The quantitative estimate of drug-likeness (QED) is 0.895. The second-order valence-electron chi connectivity index (χ2n) is 5.50. The van der Waals surface area contributed by atoms with Gasteiger partial charge in [-0.2, -0.15) is 0 Å². The molecule has 0 saturated heterocycles. The summed E-state index contributed by atoms with van der Waals surface area (Å²) in [4.78, 5) is 3.78. The minimum absolute atomic E-state index is 0.0125. The van der Waals surface area contributed by atoms with E-state index in [4.69, 9.17) is 9.47 Å². The normalized spacial score (nSPS) is 18.2. The van der Waals surface area contributed by atoms with Crippen molar-refractivity contribution in [2.75, 3.05) is 36.1 Å². The second-order valence-corrected chi connectivity index (χ2v) is 5.50. The van der Waals surface area contributed by atoms with Crippen molar-refractivity contribution in [3.63, 3.8) is 0 Å². The van der Waals surface area contributed by atoms with Crippen LogP contribution >= 0.6 is 0 Å². The summed E-state index contributed by atoms with van der Waals surface area (Å²) in [6, 6.07) is 15.3. The van der Waals surface area contributed by atoms with Crippen molar-refractivity contribution in [3.8, 4) is 11.5 Å². The summed E-state index contributed by atoms with van der Waals surface area (Å²) in [7, 11) is 0. The number of aliphatic hydroxyl groups excluding tert-OH is 2. The number of aliphatic hydroxyl groups is 2. The lowest BCUT2D eigenvalue weighted by Crippen LogP contribution is -2.32. The molecule has 0 unspecified atom stereocenters. The molecule has 2 aromatic rings. The number of anilines is 2. The van der Waals surface area contributed by atoms with E-state index in [0.717, 1.165) is 22.9 Å². The van der Waals surface area contributed by atoms with Gasteiger partial charge in [-0.25, -0.2) is 0 Å². The molecular weight excluding hydrogens is 308 g/mol. The van der Waals surface area contributed by atoms with E-state index in [2.05, 4.69) is 0 Å². The van der Waals surface area contributed by atoms with Gasteiger partial charge in [0.2, 0.25) is 0 Å². The van der Waals surface area contributed by atoms with Crippen molar-refractivity contribution in [1.29, 1.82) is 0 Å². The highest BCUT2D eigenvalue weighted by Gasteiger charge is 2.36. The molecule has 2 aliphatic heterocycles. The van der Waals surface area contributed by atoms with Crippen molar-refractivity contribution < 1.29 is 19.7 Å². The predicted octanol–water partition coefficient (Wildman–Crippen LogP) is 1.90. The number of fused-ring (bicyclic) bond motifs is 2. The Hall–Kier alpha value is -2.70. The fraction of sp³-hybridized carbons (Fsp3) is 0.222. The van der Waals surface area contributed by atoms with E-state index >= 15 is 0 Å². The number of hydrogen-bond donors (Lipinski definition) is 2. The molecule has 4 rings (SSSR count). The molecule has 6 heteroatoms. The fourth-order valence-corrected chi connectivity index (χ4v) is 3.03. The zero-order chi connectivity index (χ0) is 16.5. The molecule has 2 heterocycles. The van der Waals surface area contributed by atoms with Crippen molar-refractivity contribution >= 4 is 11.4 Å². The summed E-state index contributed by atoms with van der Waals surface area (Å²) >= 11 is 0. The van der Waals surface area contributed by atoms with Gasteiger partial charge < -0.3 is 29.5 Å². The highest BCUT2D eigenvalue weighted by atomic mass is 16.6. The lowest BCUT2D eigenvalue weighted by atomic mass is 10.3. The largest absolute Gasteiger partial charge is 0.434 e. The molecular formula is C18H18N2O4. The molecule has 24 heavy (non-hydrogen) atoms. The summed E-state index contributed by atoms with van der Waals surface area (Å²) in [5, 5.41) is 18.9. The van der Waals surface area contributed by atoms with Gasteiger partial charge >= 0.3 is 0 Å². The Morgan fingerprint density at radius 3 is 1.50 bits per heavy atom. The van der Waals surface area contributed by atoms with E-state index in [9.17, 15) is 10.2 Å². The number of ether oxygens (including phenoxy) is 2. The van der Waals surface area contributed by atoms with Gasteiger partial charge in [0, 0.05) is 13.1 Å². The number of β-amino-alcohol motifs (C(OH)–C–C–N with tert-alkyl or cyclic N) is 2. The van der Waals surface area contributed by atoms with Gasteiger partial charge in [-0.05, 0) is 24.3 Å². The van der Waals surface area contributed by atoms with Crippen LogP contribution in [0.1, 0.15) is 0 Å². The predicted molar refractivity (Wildman–Crippen MR) is 90.0 cm³/mol. The number of hydrogen-bond acceptors (Lipinski definition) is 6. The minimum Gasteiger partial charge on any atom is -0.434 e. The van der Waals surface area contributed by atoms with Crippen LogP contribution in [0.3, 0.4) is 0 Å². The lowest BCUT2D eigenvalue weighted by Gasteiger charge is -2.22. The summed E-state index contributed by atoms with van der Waals surface area (Å²) in [5.74, 6) is 2.48. The first-order valence-electron chi connectivity index (χ1n) is 7.88. The maximum Gasteiger partial charge on any atom is 0.263 e. The van der Waals surface area contributed by atoms with E-state index in [-0.39, 0.29) is 13.2 Å². The van der Waals surface area contributed by atoms with E-state index in [1.54, 1.807) is 0 Å². The molecule has 124 valence electrons. The van der Waals surface area contributed by atoms with Crippen LogP contribution in [0, 0.1) is 0 Å². The summed E-state index contributed by atoms with van der Waals surface area (Å²) in [5.41, 5.74) is 1.77. The molecule has 0 radical (unpaired) electrons. The van der Waals surface area contributed by atoms with Crippen LogP contribution in [-0.2, 0) is 0 Å². The zero-order valence-corrected chi connectivity index (χ0v) is 13.1. The SMILES string of the molecule is OCCN1/C(=C2\Oc3ccccc3N2CCO)Oc2ccccc21. The van der Waals surface area contributed by atoms with Crippen molar-refractivity contribution in [1.82, 2.24) is 0 Å². The summed E-state index contributed by atoms with van der Waals surface area (Å²) in [6.45, 7) is 0.758. The molecule has 2 N–H and O–H groups in total. The monoisotopic (exact) mass is 326 g/mol. The van der Waals surface area contributed by atoms with Crippen molar-refractivity contribution in [2.45, 2.75) is 0 Å². The number of nitrogens with zero attached hydrogens (tertiary/aromatic N) is 2. The van der Waals surface area contributed by atoms with Crippen LogP contribution in [0.4, 0.5) is 11.4 Å². The van der Waals surface area contributed by atoms with Gasteiger partial charge in [0.1, 0.15) is 0 Å². The van der Waals surface area contributed by atoms with E-state index in [1.165, 1.54) is 0 Å². The molecule has 0 amide bonds. The smallest absolute Gasteiger partial charge is 0.263 e. The Morgan fingerprint density at radius 2 is 1.08 bits per heavy atom. The minimum atomic E-state index is -0.0125. The number of benzene rings is 2. The molecule has 0 saturated carbocycles. The first-order chi connectivity index (χ1) is 11.8. The van der Waals surface area contributed by atoms with E-state index in [0.29, 0.717) is 24.9 Å². The van der Waals surface area contributed by atoms with Crippen LogP contribution in [0.2, 0.25) is 0 Å². The lowest BCUT2D eigenvalue weighted by molar-refractivity contribution is 0.288. The van der Waals surface area contributed by atoms with Gasteiger partial charge in [0.05, 0.1) is 24.6 Å². The molecule has 6 nitrogen and oxygen atoms in total. The third kappa shape index (κ3) is 2.28. The Kier molecular flexibility index (Phi) is 3.76. The summed E-state index contributed by atoms with van der Waals surface area (Å²) < 4.78 is 12.0. The average Bonchev–Trinajstić information content (AvgIpc) is 3.15. The number of para-hydroxylation sites is 4. The molecule has 0 aliphatic carbocycles. The molecule has 2 aromatic carbocycles. The topological polar surface area (TPSA) is 65.4 Å². The van der Waals surface area contributed by atoms with Gasteiger partial charge in [-0.3, -0.25) is 0 Å². The maximum atomic E-state index is 9.44. The average molecular weight is 326 g/mol. The first-order valence-corrected chi connectivity index (χ1v) is 7.88. The number of rotatable bonds is 4. The third-order valence-corrected chi connectivity index (χ3v) is 4.05. The first kappa shape index (κ1) is 14.9. The van der Waals surface area contributed by atoms with E-state index in [1.807, 2.05) is 58.3 Å². The van der Waals surface area contributed by atoms with Gasteiger partial charge in [-0.1, -0.05) is 24.3 Å². The van der Waals surface area contributed by atoms with Crippen LogP contribution in [-0.4, -0.2) is 36.5 Å². The van der Waals surface area contributed by atoms with Gasteiger partial charge in [-0.15, -0.1) is 0 Å². The molecule has 0 atom stereocenters.